The molecule has 0 atom stereocenters. The van der Waals surface area contributed by atoms with E-state index in [1.54, 1.807) is 22.3 Å². The van der Waals surface area contributed by atoms with E-state index < -0.39 is 0 Å². The Morgan fingerprint density at radius 3 is 0.679 bits per heavy atom. The van der Waals surface area contributed by atoms with Crippen LogP contribution in [-0.4, -0.2) is 17.5 Å². The zero-order valence-electron chi connectivity index (χ0n) is 55.7. The maximum absolute atomic E-state index is 5.30. The molecule has 2 aromatic heterocycles. The van der Waals surface area contributed by atoms with Crippen LogP contribution in [0.4, 0.5) is 0 Å². The lowest BCUT2D eigenvalue weighted by molar-refractivity contribution is 0.393. The molecule has 6 heteroatoms. The summed E-state index contributed by atoms with van der Waals surface area (Å²) in [7, 11) is 0. The van der Waals surface area contributed by atoms with Crippen LogP contribution in [0.15, 0.2) is 24.3 Å². The molecule has 0 spiro atoms. The summed E-state index contributed by atoms with van der Waals surface area (Å²) >= 11 is 2.88. The first-order valence-electron chi connectivity index (χ1n) is 37.2. The molecule has 2 aliphatic rings. The number of hydrogen-bond acceptors (Lipinski definition) is 6. The van der Waals surface area contributed by atoms with Crippen LogP contribution in [0.1, 0.15) is 395 Å². The smallest absolute Gasteiger partial charge is 0.113 e. The predicted molar refractivity (Wildman–Crippen MR) is 373 cm³/mol. The second kappa shape index (κ2) is 39.3. The van der Waals surface area contributed by atoms with E-state index in [4.69, 9.17) is 17.5 Å². The van der Waals surface area contributed by atoms with Crippen LogP contribution < -0.4 is 0 Å². The Morgan fingerprint density at radius 1 is 0.250 bits per heavy atom. The third kappa shape index (κ3) is 19.6. The molecule has 2 heterocycles. The summed E-state index contributed by atoms with van der Waals surface area (Å²) in [6.45, 7) is 14.0. The molecule has 0 aliphatic heterocycles. The zero-order chi connectivity index (χ0) is 58.9. The van der Waals surface area contributed by atoms with Crippen molar-refractivity contribution in [3.05, 3.63) is 57.6 Å². The van der Waals surface area contributed by atoms with E-state index in [0.717, 1.165) is 11.0 Å². The number of nitrogens with zero attached hydrogens (tertiary/aromatic N) is 4. The normalized spacial score (nSPS) is 13.9. The number of rotatable bonds is 52. The van der Waals surface area contributed by atoms with Crippen LogP contribution in [-0.2, 0) is 10.8 Å². The third-order valence-electron chi connectivity index (χ3n) is 21.0. The van der Waals surface area contributed by atoms with E-state index in [1.165, 1.54) is 402 Å². The van der Waals surface area contributed by atoms with E-state index >= 15 is 0 Å². The van der Waals surface area contributed by atoms with Crippen LogP contribution in [0.25, 0.3) is 44.3 Å². The molecule has 5 aromatic rings. The number of hydrogen-bond donors (Lipinski definition) is 0. The van der Waals surface area contributed by atoms with Crippen LogP contribution in [0.5, 0.6) is 0 Å². The van der Waals surface area contributed by atoms with Gasteiger partial charge in [0, 0.05) is 22.0 Å². The van der Waals surface area contributed by atoms with Crippen molar-refractivity contribution in [2.24, 2.45) is 0 Å². The number of aryl methyl sites for hydroxylation is 2. The molecule has 4 nitrogen and oxygen atoms in total. The van der Waals surface area contributed by atoms with Crippen LogP contribution in [0.2, 0.25) is 0 Å². The lowest BCUT2D eigenvalue weighted by Crippen LogP contribution is -2.27. The van der Waals surface area contributed by atoms with Crippen molar-refractivity contribution < 1.29 is 0 Å². The fourth-order valence-electron chi connectivity index (χ4n) is 16.0. The van der Waals surface area contributed by atoms with Gasteiger partial charge in [-0.3, -0.25) is 0 Å². The minimum Gasteiger partial charge on any atom is -0.173 e. The average Bonchev–Trinajstić information content (AvgIpc) is 1.54. The van der Waals surface area contributed by atoms with Gasteiger partial charge in [-0.15, -0.1) is 0 Å². The molecule has 0 radical (unpaired) electrons. The molecule has 0 amide bonds. The average molecular weight is 1180 g/mol. The molecule has 0 unspecified atom stereocenters. The molecule has 470 valence electrons. The molecule has 0 saturated carbocycles. The van der Waals surface area contributed by atoms with E-state index in [9.17, 15) is 0 Å². The van der Waals surface area contributed by atoms with Crippen molar-refractivity contribution in [2.75, 3.05) is 0 Å². The molecule has 7 rings (SSSR count). The summed E-state index contributed by atoms with van der Waals surface area (Å²) in [6, 6.07) is 10.9. The van der Waals surface area contributed by atoms with Gasteiger partial charge in [0.05, 0.1) is 23.5 Å². The summed E-state index contributed by atoms with van der Waals surface area (Å²) in [5, 5.41) is 0. The molecule has 0 bridgehead atoms. The number of unbranched alkanes of at least 4 members (excludes halogenated alkanes) is 44. The van der Waals surface area contributed by atoms with Crippen molar-refractivity contribution in [3.63, 3.8) is 0 Å². The number of benzene rings is 3. The second-order valence-corrected chi connectivity index (χ2v) is 28.9. The Balaban J connectivity index is 1.19. The summed E-state index contributed by atoms with van der Waals surface area (Å²) in [6.07, 6.45) is 71.5. The largest absolute Gasteiger partial charge is 0.173 e. The van der Waals surface area contributed by atoms with Crippen LogP contribution in [0.3, 0.4) is 0 Å². The highest BCUT2D eigenvalue weighted by atomic mass is 32.1. The second-order valence-electron chi connectivity index (χ2n) is 27.8. The maximum atomic E-state index is 5.30. The Bertz CT molecular complexity index is 2330. The SMILES string of the molecule is CCCCCCCCCCCCCCC1(CCCCCCCCCCCCCC)c2cc3c(cc2-c2c1cc(C)c1nsnc21)C(CCCCCCCCCCCCCC)(CCCCCCCCCCCCCC)c1cc(C)c2nsnc2c1-3. The van der Waals surface area contributed by atoms with Gasteiger partial charge in [-0.1, -0.05) is 348 Å². The number of fused-ring (bicyclic) bond motifs is 10. The standard InChI is InChI=1S/C78H126N4S2/c1-7-11-15-19-23-27-31-35-39-43-47-51-55-77(56-52-48-44-40-36-32-28-24-20-16-12-8-2)67-61-66-68(62-65(67)71-69(77)59-63(5)73-75(71)81-83-79-73)78(70-60-64(6)74-76(72(66)70)82-84-80-74,57-53-49-45-41-37-33-29-25-21-17-13-9-3)58-54-50-46-42-38-34-30-26-22-18-14-10-4/h59-62H,7-58H2,1-6H3. The monoisotopic (exact) mass is 1180 g/mol. The van der Waals surface area contributed by atoms with Crippen LogP contribution in [0, 0.1) is 13.8 Å². The van der Waals surface area contributed by atoms with Gasteiger partial charge in [-0.25, -0.2) is 0 Å². The van der Waals surface area contributed by atoms with Gasteiger partial charge in [0.1, 0.15) is 22.1 Å². The van der Waals surface area contributed by atoms with Gasteiger partial charge in [-0.2, -0.15) is 17.5 Å². The van der Waals surface area contributed by atoms with Crippen molar-refractivity contribution in [1.82, 2.24) is 17.5 Å². The molecule has 0 saturated heterocycles. The van der Waals surface area contributed by atoms with E-state index in [-0.39, 0.29) is 10.8 Å². The Kier molecular flexibility index (Phi) is 32.2. The highest BCUT2D eigenvalue weighted by Gasteiger charge is 2.49. The van der Waals surface area contributed by atoms with Gasteiger partial charge < -0.3 is 0 Å². The molecule has 2 aliphatic carbocycles. The lowest BCUT2D eigenvalue weighted by Gasteiger charge is -2.35. The topological polar surface area (TPSA) is 51.6 Å². The minimum absolute atomic E-state index is 0.0419. The predicted octanol–water partition coefficient (Wildman–Crippen LogP) is 27.2. The summed E-state index contributed by atoms with van der Waals surface area (Å²) in [5.74, 6) is 0. The van der Waals surface area contributed by atoms with E-state index in [0.29, 0.717) is 0 Å². The maximum Gasteiger partial charge on any atom is 0.113 e. The van der Waals surface area contributed by atoms with Gasteiger partial charge in [0.2, 0.25) is 0 Å². The minimum atomic E-state index is -0.0419. The first-order chi connectivity index (χ1) is 41.5. The summed E-state index contributed by atoms with van der Waals surface area (Å²) < 4.78 is 20.7. The third-order valence-corrected chi connectivity index (χ3v) is 22.1. The van der Waals surface area contributed by atoms with Gasteiger partial charge in [-0.05, 0) is 96.2 Å². The molecule has 84 heavy (non-hydrogen) atoms. The molecule has 0 N–H and O–H groups in total. The zero-order valence-corrected chi connectivity index (χ0v) is 57.3. The Labute approximate surface area is 526 Å². The summed E-state index contributed by atoms with van der Waals surface area (Å²) in [5.41, 5.74) is 19.4. The number of aromatic nitrogens is 4. The van der Waals surface area contributed by atoms with Crippen molar-refractivity contribution >= 4 is 45.5 Å². The van der Waals surface area contributed by atoms with Gasteiger partial charge in [0.15, 0.2) is 0 Å². The fraction of sp³-hybridized carbons (Fsp3) is 0.769. The first-order valence-corrected chi connectivity index (χ1v) is 38.6. The molecular weight excluding hydrogens is 1060 g/mol. The van der Waals surface area contributed by atoms with E-state index in [2.05, 4.69) is 65.8 Å². The van der Waals surface area contributed by atoms with Crippen molar-refractivity contribution in [3.8, 4) is 22.3 Å². The van der Waals surface area contributed by atoms with Crippen LogP contribution >= 0.6 is 23.5 Å². The molecular formula is C78H126N4S2. The highest BCUT2D eigenvalue weighted by Crippen LogP contribution is 2.63. The van der Waals surface area contributed by atoms with Crippen molar-refractivity contribution in [1.29, 1.82) is 0 Å². The molecule has 0 fully saturated rings. The lowest BCUT2D eigenvalue weighted by atomic mass is 9.68. The Morgan fingerprint density at radius 2 is 0.452 bits per heavy atom. The van der Waals surface area contributed by atoms with Gasteiger partial charge >= 0.3 is 0 Å². The van der Waals surface area contributed by atoms with E-state index in [1.807, 2.05) is 0 Å². The fourth-order valence-corrected chi connectivity index (χ4v) is 17.2. The quantitative estimate of drug-likeness (QED) is 0.0364. The van der Waals surface area contributed by atoms with Gasteiger partial charge in [0.25, 0.3) is 0 Å². The van der Waals surface area contributed by atoms with Crippen molar-refractivity contribution in [2.45, 2.75) is 386 Å². The highest BCUT2D eigenvalue weighted by molar-refractivity contribution is 7.00. The Hall–Kier alpha value is -2.70. The summed E-state index contributed by atoms with van der Waals surface area (Å²) in [4.78, 5) is 0. The molecule has 3 aromatic carbocycles. The first kappa shape index (κ1) is 68.8.